The number of carbonyl (C=O) groups is 1. The number of carbonyl (C=O) groups excluding carboxylic acids is 1. The second-order valence-electron chi connectivity index (χ2n) is 4.50. The average molecular weight is 287 g/mol. The SMILES string of the molecule is CCOc1cc(C)ccc1NC(=O)CCC(C)N.Cl. The van der Waals surface area contributed by atoms with E-state index in [0.717, 1.165) is 11.3 Å². The predicted molar refractivity (Wildman–Crippen MR) is 81.1 cm³/mol. The van der Waals surface area contributed by atoms with E-state index in [2.05, 4.69) is 5.32 Å². The molecule has 4 nitrogen and oxygen atoms in total. The third-order valence-corrected chi connectivity index (χ3v) is 2.54. The van der Waals surface area contributed by atoms with Gasteiger partial charge in [0.15, 0.2) is 0 Å². The molecular formula is C14H23ClN2O2. The molecule has 1 amide bonds. The van der Waals surface area contributed by atoms with Crippen molar-refractivity contribution in [2.75, 3.05) is 11.9 Å². The van der Waals surface area contributed by atoms with Gasteiger partial charge in [0.25, 0.3) is 0 Å². The highest BCUT2D eigenvalue weighted by Crippen LogP contribution is 2.25. The van der Waals surface area contributed by atoms with E-state index in [1.165, 1.54) is 0 Å². The maximum atomic E-state index is 11.7. The number of anilines is 1. The molecule has 1 aromatic rings. The van der Waals surface area contributed by atoms with Crippen LogP contribution < -0.4 is 15.8 Å². The van der Waals surface area contributed by atoms with Gasteiger partial charge in [0.05, 0.1) is 12.3 Å². The van der Waals surface area contributed by atoms with Crippen LogP contribution in [0.4, 0.5) is 5.69 Å². The van der Waals surface area contributed by atoms with E-state index in [4.69, 9.17) is 10.5 Å². The Morgan fingerprint density at radius 3 is 2.74 bits per heavy atom. The summed E-state index contributed by atoms with van der Waals surface area (Å²) in [5.41, 5.74) is 7.45. The number of halogens is 1. The Kier molecular flexibility index (Phi) is 8.19. The first kappa shape index (κ1) is 17.7. The van der Waals surface area contributed by atoms with Crippen molar-refractivity contribution in [3.8, 4) is 5.75 Å². The lowest BCUT2D eigenvalue weighted by molar-refractivity contribution is -0.116. The fraction of sp³-hybridized carbons (Fsp3) is 0.500. The highest BCUT2D eigenvalue weighted by Gasteiger charge is 2.08. The summed E-state index contributed by atoms with van der Waals surface area (Å²) in [4.78, 5) is 11.7. The van der Waals surface area contributed by atoms with Gasteiger partial charge in [0.1, 0.15) is 5.75 Å². The van der Waals surface area contributed by atoms with Crippen molar-refractivity contribution in [1.29, 1.82) is 0 Å². The van der Waals surface area contributed by atoms with Crippen LogP contribution >= 0.6 is 12.4 Å². The Balaban J connectivity index is 0.00000324. The number of hydrogen-bond acceptors (Lipinski definition) is 3. The standard InChI is InChI=1S/C14H22N2O2.ClH/c1-4-18-13-9-10(2)5-7-12(13)16-14(17)8-6-11(3)15;/h5,7,9,11H,4,6,8,15H2,1-3H3,(H,16,17);1H. The van der Waals surface area contributed by atoms with E-state index in [1.807, 2.05) is 39.0 Å². The second kappa shape index (κ2) is 8.77. The Hall–Kier alpha value is -1.26. The monoisotopic (exact) mass is 286 g/mol. The molecule has 0 spiro atoms. The zero-order chi connectivity index (χ0) is 13.5. The largest absolute Gasteiger partial charge is 0.492 e. The van der Waals surface area contributed by atoms with E-state index in [1.54, 1.807) is 0 Å². The summed E-state index contributed by atoms with van der Waals surface area (Å²) in [5.74, 6) is 0.684. The molecule has 0 aliphatic heterocycles. The smallest absolute Gasteiger partial charge is 0.224 e. The van der Waals surface area contributed by atoms with Gasteiger partial charge in [-0.3, -0.25) is 4.79 Å². The van der Waals surface area contributed by atoms with Crippen LogP contribution in [-0.2, 0) is 4.79 Å². The van der Waals surface area contributed by atoms with Crippen LogP contribution in [0.5, 0.6) is 5.75 Å². The molecule has 0 aliphatic carbocycles. The Labute approximate surface area is 121 Å². The molecule has 19 heavy (non-hydrogen) atoms. The van der Waals surface area contributed by atoms with E-state index >= 15 is 0 Å². The quantitative estimate of drug-likeness (QED) is 0.845. The minimum absolute atomic E-state index is 0. The molecule has 108 valence electrons. The maximum Gasteiger partial charge on any atom is 0.224 e. The lowest BCUT2D eigenvalue weighted by Crippen LogP contribution is -2.19. The van der Waals surface area contributed by atoms with E-state index < -0.39 is 0 Å². The predicted octanol–water partition coefficient (Wildman–Crippen LogP) is 2.88. The van der Waals surface area contributed by atoms with Crippen molar-refractivity contribution in [3.05, 3.63) is 23.8 Å². The van der Waals surface area contributed by atoms with Gasteiger partial charge in [-0.25, -0.2) is 0 Å². The summed E-state index contributed by atoms with van der Waals surface area (Å²) < 4.78 is 5.50. The number of benzene rings is 1. The zero-order valence-corrected chi connectivity index (χ0v) is 12.5. The van der Waals surface area contributed by atoms with Crippen molar-refractivity contribution in [2.24, 2.45) is 5.73 Å². The molecule has 0 heterocycles. The lowest BCUT2D eigenvalue weighted by atomic mass is 10.1. The van der Waals surface area contributed by atoms with Gasteiger partial charge in [0.2, 0.25) is 5.91 Å². The van der Waals surface area contributed by atoms with E-state index in [-0.39, 0.29) is 24.4 Å². The molecule has 0 saturated heterocycles. The molecule has 0 aromatic heterocycles. The van der Waals surface area contributed by atoms with Crippen LogP contribution in [0.15, 0.2) is 18.2 Å². The molecule has 1 atom stereocenters. The molecule has 5 heteroatoms. The number of amides is 1. The highest BCUT2D eigenvalue weighted by molar-refractivity contribution is 5.92. The minimum atomic E-state index is -0.0305. The molecule has 0 aliphatic rings. The van der Waals surface area contributed by atoms with Crippen molar-refractivity contribution in [3.63, 3.8) is 0 Å². The summed E-state index contributed by atoms with van der Waals surface area (Å²) in [7, 11) is 0. The van der Waals surface area contributed by atoms with Gasteiger partial charge in [-0.05, 0) is 44.9 Å². The summed E-state index contributed by atoms with van der Waals surface area (Å²) >= 11 is 0. The van der Waals surface area contributed by atoms with Crippen LogP contribution in [0, 0.1) is 6.92 Å². The summed E-state index contributed by atoms with van der Waals surface area (Å²) in [6, 6.07) is 5.78. The van der Waals surface area contributed by atoms with Gasteiger partial charge < -0.3 is 15.8 Å². The third-order valence-electron chi connectivity index (χ3n) is 2.54. The Morgan fingerprint density at radius 1 is 1.47 bits per heavy atom. The fourth-order valence-corrected chi connectivity index (χ4v) is 1.58. The number of aryl methyl sites for hydroxylation is 1. The Bertz CT molecular complexity index is 408. The Morgan fingerprint density at radius 2 is 2.16 bits per heavy atom. The van der Waals surface area contributed by atoms with Crippen LogP contribution in [0.1, 0.15) is 32.3 Å². The molecule has 0 bridgehead atoms. The number of rotatable bonds is 6. The molecule has 0 radical (unpaired) electrons. The zero-order valence-electron chi connectivity index (χ0n) is 11.7. The summed E-state index contributed by atoms with van der Waals surface area (Å²) in [6.07, 6.45) is 1.11. The molecule has 1 aromatic carbocycles. The molecule has 3 N–H and O–H groups in total. The lowest BCUT2D eigenvalue weighted by Gasteiger charge is -2.12. The van der Waals surface area contributed by atoms with Crippen molar-refractivity contribution in [2.45, 2.75) is 39.7 Å². The molecule has 0 fully saturated rings. The summed E-state index contributed by atoms with van der Waals surface area (Å²) in [5, 5.41) is 2.86. The average Bonchev–Trinajstić information content (AvgIpc) is 2.30. The highest BCUT2D eigenvalue weighted by atomic mass is 35.5. The number of hydrogen-bond donors (Lipinski definition) is 2. The minimum Gasteiger partial charge on any atom is -0.492 e. The van der Waals surface area contributed by atoms with Crippen molar-refractivity contribution < 1.29 is 9.53 Å². The second-order valence-corrected chi connectivity index (χ2v) is 4.50. The van der Waals surface area contributed by atoms with Gasteiger partial charge in [0, 0.05) is 12.5 Å². The molecule has 1 unspecified atom stereocenters. The first-order chi connectivity index (χ1) is 8.52. The number of ether oxygens (including phenoxy) is 1. The van der Waals surface area contributed by atoms with Crippen molar-refractivity contribution >= 4 is 24.0 Å². The van der Waals surface area contributed by atoms with Gasteiger partial charge in [-0.2, -0.15) is 0 Å². The normalized spacial score (nSPS) is 11.4. The topological polar surface area (TPSA) is 64.3 Å². The maximum absolute atomic E-state index is 11.7. The third kappa shape index (κ3) is 6.45. The van der Waals surface area contributed by atoms with Gasteiger partial charge >= 0.3 is 0 Å². The van der Waals surface area contributed by atoms with E-state index in [9.17, 15) is 4.79 Å². The van der Waals surface area contributed by atoms with Gasteiger partial charge in [-0.1, -0.05) is 6.07 Å². The van der Waals surface area contributed by atoms with Crippen LogP contribution in [0.3, 0.4) is 0 Å². The molecule has 1 rings (SSSR count). The first-order valence-electron chi connectivity index (χ1n) is 6.31. The fourth-order valence-electron chi connectivity index (χ4n) is 1.58. The first-order valence-corrected chi connectivity index (χ1v) is 6.31. The number of nitrogens with one attached hydrogen (secondary N) is 1. The van der Waals surface area contributed by atoms with Crippen LogP contribution in [0.2, 0.25) is 0 Å². The van der Waals surface area contributed by atoms with E-state index in [0.29, 0.717) is 25.2 Å². The van der Waals surface area contributed by atoms with Crippen molar-refractivity contribution in [1.82, 2.24) is 0 Å². The van der Waals surface area contributed by atoms with Gasteiger partial charge in [-0.15, -0.1) is 12.4 Å². The molecular weight excluding hydrogens is 264 g/mol. The molecule has 0 saturated carbocycles. The van der Waals surface area contributed by atoms with Crippen LogP contribution in [-0.4, -0.2) is 18.6 Å². The summed E-state index contributed by atoms with van der Waals surface area (Å²) in [6.45, 7) is 6.38. The number of nitrogens with two attached hydrogens (primary N) is 1. The van der Waals surface area contributed by atoms with Crippen LogP contribution in [0.25, 0.3) is 0 Å².